The molecule has 0 saturated carbocycles. The number of thiocarbonyl (C=S) groups is 1. The van der Waals surface area contributed by atoms with Gasteiger partial charge in [0, 0.05) is 30.4 Å². The lowest BCUT2D eigenvalue weighted by Gasteiger charge is -2.28. The van der Waals surface area contributed by atoms with Gasteiger partial charge in [0.05, 0.1) is 35.1 Å². The molecule has 0 radical (unpaired) electrons. The van der Waals surface area contributed by atoms with E-state index in [1.807, 2.05) is 42.6 Å². The number of hydrogen-bond acceptors (Lipinski definition) is 4. The van der Waals surface area contributed by atoms with Crippen LogP contribution in [0.4, 0.5) is 5.69 Å². The van der Waals surface area contributed by atoms with Gasteiger partial charge in [-0.25, -0.2) is 0 Å². The number of aryl methyl sites for hydroxylation is 3. The van der Waals surface area contributed by atoms with Gasteiger partial charge in [-0.05, 0) is 93.0 Å². The first-order valence-electron chi connectivity index (χ1n) is 13.0. The van der Waals surface area contributed by atoms with Crippen molar-refractivity contribution in [2.75, 3.05) is 25.2 Å². The number of nitrogens with zero attached hydrogens (tertiary/aromatic N) is 3. The molecule has 1 fully saturated rings. The molecule has 2 aromatic carbocycles. The van der Waals surface area contributed by atoms with Crippen LogP contribution in [0.1, 0.15) is 45.9 Å². The third-order valence-electron chi connectivity index (χ3n) is 7.29. The highest BCUT2D eigenvalue weighted by Gasteiger charge is 2.42. The van der Waals surface area contributed by atoms with Gasteiger partial charge >= 0.3 is 0 Å². The normalized spacial score (nSPS) is 17.0. The lowest BCUT2D eigenvalue weighted by atomic mass is 9.96. The van der Waals surface area contributed by atoms with Crippen LogP contribution in [0.5, 0.6) is 5.75 Å². The van der Waals surface area contributed by atoms with Crippen LogP contribution >= 0.6 is 23.8 Å². The molecule has 0 aliphatic carbocycles. The van der Waals surface area contributed by atoms with Gasteiger partial charge in [-0.3, -0.25) is 4.98 Å². The van der Waals surface area contributed by atoms with Gasteiger partial charge in [0.2, 0.25) is 0 Å². The second-order valence-corrected chi connectivity index (χ2v) is 10.6. The molecule has 4 aromatic rings. The van der Waals surface area contributed by atoms with Gasteiger partial charge in [0.1, 0.15) is 12.4 Å². The number of pyridine rings is 1. The maximum absolute atomic E-state index is 6.68. The Morgan fingerprint density at radius 2 is 1.74 bits per heavy atom. The number of rotatable bonds is 8. The molecule has 39 heavy (non-hydrogen) atoms. The Bertz CT molecular complexity index is 1480. The summed E-state index contributed by atoms with van der Waals surface area (Å²) in [6, 6.07) is 20.2. The summed E-state index contributed by atoms with van der Waals surface area (Å²) in [4.78, 5) is 6.85. The molecule has 6 nitrogen and oxygen atoms in total. The predicted octanol–water partition coefficient (Wildman–Crippen LogP) is 6.96. The molecular weight excluding hydrogens is 528 g/mol. The summed E-state index contributed by atoms with van der Waals surface area (Å²) in [5, 5.41) is 4.70. The second-order valence-electron chi connectivity index (χ2n) is 9.85. The van der Waals surface area contributed by atoms with E-state index in [1.165, 1.54) is 22.4 Å². The molecule has 1 saturated heterocycles. The molecule has 3 heterocycles. The van der Waals surface area contributed by atoms with E-state index >= 15 is 0 Å². The summed E-state index contributed by atoms with van der Waals surface area (Å²) in [5.41, 5.74) is 9.00. The Morgan fingerprint density at radius 1 is 0.974 bits per heavy atom. The average molecular weight is 561 g/mol. The van der Waals surface area contributed by atoms with Crippen LogP contribution < -0.4 is 15.0 Å². The van der Waals surface area contributed by atoms with Crippen LogP contribution in [0.2, 0.25) is 5.02 Å². The number of nitrogens with one attached hydrogen (secondary N) is 1. The SMILES string of the molecule is COCCOc1ccc(N2C(=S)N[C@H](c3ccccn3)[C@@H]2c2cc(C)n(-c3c(C)cccc3C)c2C)cc1Cl. The molecule has 2 aromatic heterocycles. The van der Waals surface area contributed by atoms with Gasteiger partial charge in [0.25, 0.3) is 0 Å². The minimum absolute atomic E-state index is 0.145. The molecule has 2 atom stereocenters. The zero-order valence-electron chi connectivity index (χ0n) is 22.9. The fourth-order valence-corrected chi connectivity index (χ4v) is 6.11. The van der Waals surface area contributed by atoms with E-state index < -0.39 is 0 Å². The molecule has 1 aliphatic rings. The summed E-state index contributed by atoms with van der Waals surface area (Å²) >= 11 is 12.6. The first-order chi connectivity index (χ1) is 18.8. The van der Waals surface area contributed by atoms with Gasteiger partial charge in [-0.1, -0.05) is 35.9 Å². The minimum Gasteiger partial charge on any atom is -0.490 e. The van der Waals surface area contributed by atoms with Crippen LogP contribution in [-0.2, 0) is 4.74 Å². The molecule has 1 N–H and O–H groups in total. The average Bonchev–Trinajstić information content (AvgIpc) is 3.41. The van der Waals surface area contributed by atoms with Crippen molar-refractivity contribution >= 4 is 34.6 Å². The van der Waals surface area contributed by atoms with Crippen molar-refractivity contribution in [3.8, 4) is 11.4 Å². The monoisotopic (exact) mass is 560 g/mol. The number of aromatic nitrogens is 2. The zero-order chi connectivity index (χ0) is 27.7. The van der Waals surface area contributed by atoms with Crippen molar-refractivity contribution < 1.29 is 9.47 Å². The van der Waals surface area contributed by atoms with Crippen LogP contribution in [0, 0.1) is 27.7 Å². The lowest BCUT2D eigenvalue weighted by Crippen LogP contribution is -2.29. The largest absolute Gasteiger partial charge is 0.490 e. The predicted molar refractivity (Wildman–Crippen MR) is 161 cm³/mol. The van der Waals surface area contributed by atoms with Crippen molar-refractivity contribution in [1.29, 1.82) is 0 Å². The molecule has 0 bridgehead atoms. The Morgan fingerprint density at radius 3 is 2.41 bits per heavy atom. The smallest absolute Gasteiger partial charge is 0.174 e. The number of methoxy groups -OCH3 is 1. The number of halogens is 1. The van der Waals surface area contributed by atoms with Gasteiger partial charge < -0.3 is 24.3 Å². The third kappa shape index (κ3) is 5.14. The maximum Gasteiger partial charge on any atom is 0.174 e. The second kappa shape index (κ2) is 11.4. The summed E-state index contributed by atoms with van der Waals surface area (Å²) in [5.74, 6) is 0.613. The van der Waals surface area contributed by atoms with E-state index in [2.05, 4.69) is 66.7 Å². The fraction of sp³-hybridized carbons (Fsp3) is 0.290. The van der Waals surface area contributed by atoms with E-state index in [4.69, 9.17) is 38.3 Å². The number of anilines is 1. The van der Waals surface area contributed by atoms with Crippen LogP contribution in [0.15, 0.2) is 66.9 Å². The van der Waals surface area contributed by atoms with Crippen molar-refractivity contribution in [2.24, 2.45) is 0 Å². The topological polar surface area (TPSA) is 51.6 Å². The highest BCUT2D eigenvalue weighted by molar-refractivity contribution is 7.80. The fourth-order valence-electron chi connectivity index (χ4n) is 5.53. The van der Waals surface area contributed by atoms with E-state index in [0.29, 0.717) is 29.1 Å². The van der Waals surface area contributed by atoms with Gasteiger partial charge in [0.15, 0.2) is 5.11 Å². The van der Waals surface area contributed by atoms with Crippen LogP contribution in [-0.4, -0.2) is 35.0 Å². The van der Waals surface area contributed by atoms with Crippen LogP contribution in [0.3, 0.4) is 0 Å². The molecule has 0 amide bonds. The first kappa shape index (κ1) is 27.2. The van der Waals surface area contributed by atoms with E-state index in [9.17, 15) is 0 Å². The Hall–Kier alpha value is -3.39. The standard InChI is InChI=1S/C31H33ClN4O2S/c1-19-9-8-10-20(2)29(19)35-21(3)17-24(22(35)4)30-28(26-11-6-7-14-33-26)34-31(39)36(30)23-12-13-27(25(32)18-23)38-16-15-37-5/h6-14,17-18,28,30H,15-16H2,1-5H3,(H,34,39)/t28-,30+/m1/s1. The van der Waals surface area contributed by atoms with Crippen molar-refractivity contribution in [3.63, 3.8) is 0 Å². The molecular formula is C31H33ClN4O2S. The van der Waals surface area contributed by atoms with E-state index in [-0.39, 0.29) is 12.1 Å². The summed E-state index contributed by atoms with van der Waals surface area (Å²) in [6.07, 6.45) is 1.82. The summed E-state index contributed by atoms with van der Waals surface area (Å²) < 4.78 is 13.3. The summed E-state index contributed by atoms with van der Waals surface area (Å²) in [7, 11) is 1.64. The van der Waals surface area contributed by atoms with E-state index in [0.717, 1.165) is 22.8 Å². The van der Waals surface area contributed by atoms with Gasteiger partial charge in [-0.15, -0.1) is 0 Å². The van der Waals surface area contributed by atoms with E-state index in [1.54, 1.807) is 7.11 Å². The molecule has 1 aliphatic heterocycles. The Balaban J connectivity index is 1.63. The molecule has 8 heteroatoms. The van der Waals surface area contributed by atoms with Crippen molar-refractivity contribution in [1.82, 2.24) is 14.9 Å². The zero-order valence-corrected chi connectivity index (χ0v) is 24.4. The molecule has 0 unspecified atom stereocenters. The number of hydrogen-bond donors (Lipinski definition) is 1. The van der Waals surface area contributed by atoms with Crippen LogP contribution in [0.25, 0.3) is 5.69 Å². The highest BCUT2D eigenvalue weighted by atomic mass is 35.5. The number of benzene rings is 2. The molecule has 202 valence electrons. The number of ether oxygens (including phenoxy) is 2. The quantitative estimate of drug-likeness (QED) is 0.186. The molecule has 0 spiro atoms. The van der Waals surface area contributed by atoms with Gasteiger partial charge in [-0.2, -0.15) is 0 Å². The Labute approximate surface area is 240 Å². The molecule has 5 rings (SSSR count). The number of para-hydroxylation sites is 1. The minimum atomic E-state index is -0.151. The van der Waals surface area contributed by atoms with Crippen molar-refractivity contribution in [2.45, 2.75) is 39.8 Å². The third-order valence-corrected chi connectivity index (χ3v) is 7.90. The summed E-state index contributed by atoms with van der Waals surface area (Å²) in [6.45, 7) is 9.58. The first-order valence-corrected chi connectivity index (χ1v) is 13.8. The van der Waals surface area contributed by atoms with Crippen molar-refractivity contribution in [3.05, 3.63) is 106 Å². The Kier molecular flexibility index (Phi) is 7.93. The highest BCUT2D eigenvalue weighted by Crippen LogP contribution is 2.45. The maximum atomic E-state index is 6.68. The lowest BCUT2D eigenvalue weighted by molar-refractivity contribution is 0.146.